The Morgan fingerprint density at radius 1 is 1.19 bits per heavy atom. The van der Waals surface area contributed by atoms with Crippen LogP contribution in [-0.2, 0) is 19.3 Å². The lowest BCUT2D eigenvalue weighted by atomic mass is 10.0. The molecule has 1 N–H and O–H groups in total. The molecule has 1 atom stereocenters. The highest BCUT2D eigenvalue weighted by molar-refractivity contribution is 5.75. The second-order valence-corrected chi connectivity index (χ2v) is 7.58. The first kappa shape index (κ1) is 17.9. The first-order chi connectivity index (χ1) is 13.0. The molecule has 27 heavy (non-hydrogen) atoms. The fourth-order valence-electron chi connectivity index (χ4n) is 4.45. The highest BCUT2D eigenvalue weighted by atomic mass is 16.5. The van der Waals surface area contributed by atoms with E-state index in [1.165, 1.54) is 17.7 Å². The van der Waals surface area contributed by atoms with Gasteiger partial charge in [0, 0.05) is 36.5 Å². The summed E-state index contributed by atoms with van der Waals surface area (Å²) in [5.74, 6) is 1.64. The van der Waals surface area contributed by atoms with Crippen molar-refractivity contribution in [2.45, 2.75) is 65.3 Å². The average molecular weight is 369 g/mol. The number of aromatic nitrogens is 3. The first-order valence-electron chi connectivity index (χ1n) is 9.87. The molecule has 0 spiro atoms. The highest BCUT2D eigenvalue weighted by Gasteiger charge is 2.33. The van der Waals surface area contributed by atoms with Gasteiger partial charge < -0.3 is 14.7 Å². The maximum Gasteiger partial charge on any atom is 0.317 e. The maximum atomic E-state index is 12.7. The van der Waals surface area contributed by atoms with Crippen LogP contribution in [0.2, 0.25) is 0 Å². The number of nitrogens with one attached hydrogen (secondary N) is 1. The number of carbonyl (C=O) groups is 1. The molecule has 0 radical (unpaired) electrons. The van der Waals surface area contributed by atoms with E-state index in [-0.39, 0.29) is 12.1 Å². The van der Waals surface area contributed by atoms with Gasteiger partial charge in [-0.25, -0.2) is 14.8 Å². The Kier molecular flexibility index (Phi) is 4.85. The quantitative estimate of drug-likeness (QED) is 0.896. The molecule has 0 aromatic carbocycles. The van der Waals surface area contributed by atoms with Gasteiger partial charge in [0.05, 0.1) is 11.7 Å². The predicted octanol–water partition coefficient (Wildman–Crippen LogP) is 2.97. The summed E-state index contributed by atoms with van der Waals surface area (Å²) in [5.41, 5.74) is 5.54. The molecule has 1 saturated heterocycles. The van der Waals surface area contributed by atoms with Gasteiger partial charge in [-0.05, 0) is 58.4 Å². The van der Waals surface area contributed by atoms with E-state index in [0.717, 1.165) is 60.8 Å². The highest BCUT2D eigenvalue weighted by Crippen LogP contribution is 2.35. The predicted molar refractivity (Wildman–Crippen MR) is 101 cm³/mol. The number of hydrogen-bond acceptors (Lipinski definition) is 5. The number of carbonyl (C=O) groups excluding carboxylic acids is 1. The minimum atomic E-state index is -0.0321. The number of amides is 2. The van der Waals surface area contributed by atoms with Gasteiger partial charge in [-0.1, -0.05) is 5.16 Å². The van der Waals surface area contributed by atoms with Crippen LogP contribution in [0.4, 0.5) is 4.79 Å². The van der Waals surface area contributed by atoms with Crippen LogP contribution < -0.4 is 5.32 Å². The van der Waals surface area contributed by atoms with Crippen molar-refractivity contribution in [3.8, 4) is 0 Å². The molecule has 4 rings (SSSR count). The fourth-order valence-corrected chi connectivity index (χ4v) is 4.45. The van der Waals surface area contributed by atoms with E-state index in [1.54, 1.807) is 0 Å². The Bertz CT molecular complexity index is 841. The van der Waals surface area contributed by atoms with Crippen molar-refractivity contribution in [2.75, 3.05) is 13.1 Å². The van der Waals surface area contributed by atoms with E-state index in [9.17, 15) is 4.79 Å². The van der Waals surface area contributed by atoms with Crippen molar-refractivity contribution in [2.24, 2.45) is 0 Å². The van der Waals surface area contributed by atoms with E-state index in [1.807, 2.05) is 18.7 Å². The van der Waals surface area contributed by atoms with E-state index >= 15 is 0 Å². The standard InChI is InChI=1S/C20H27N5O2/c1-12-15-6-4-7-16(15)23-18(22-12)9-10-21-20(26)25-11-5-8-17(25)19-13(2)24-27-14(19)3/h17H,4-11H2,1-3H3,(H,21,26). The van der Waals surface area contributed by atoms with Crippen molar-refractivity contribution >= 4 is 6.03 Å². The van der Waals surface area contributed by atoms with Crippen LogP contribution in [0.3, 0.4) is 0 Å². The molecule has 2 aliphatic rings. The molecular formula is C20H27N5O2. The van der Waals surface area contributed by atoms with E-state index in [4.69, 9.17) is 9.51 Å². The van der Waals surface area contributed by atoms with Gasteiger partial charge in [0.25, 0.3) is 0 Å². The molecule has 144 valence electrons. The number of rotatable bonds is 4. The lowest BCUT2D eigenvalue weighted by Crippen LogP contribution is -2.40. The van der Waals surface area contributed by atoms with Gasteiger partial charge in [-0.3, -0.25) is 0 Å². The number of urea groups is 1. The van der Waals surface area contributed by atoms with Crippen LogP contribution >= 0.6 is 0 Å². The minimum absolute atomic E-state index is 0.0321. The number of likely N-dealkylation sites (tertiary alicyclic amines) is 1. The second-order valence-electron chi connectivity index (χ2n) is 7.58. The van der Waals surface area contributed by atoms with Gasteiger partial charge in [0.2, 0.25) is 0 Å². The molecule has 1 unspecified atom stereocenters. The number of nitrogens with zero attached hydrogens (tertiary/aromatic N) is 4. The molecular weight excluding hydrogens is 342 g/mol. The maximum absolute atomic E-state index is 12.7. The summed E-state index contributed by atoms with van der Waals surface area (Å²) in [7, 11) is 0. The van der Waals surface area contributed by atoms with Crippen molar-refractivity contribution in [1.29, 1.82) is 0 Å². The molecule has 7 nitrogen and oxygen atoms in total. The third-order valence-corrected chi connectivity index (χ3v) is 5.75. The van der Waals surface area contributed by atoms with Crippen molar-refractivity contribution in [3.05, 3.63) is 39.8 Å². The van der Waals surface area contributed by atoms with Gasteiger partial charge in [-0.2, -0.15) is 0 Å². The summed E-state index contributed by atoms with van der Waals surface area (Å²) >= 11 is 0. The van der Waals surface area contributed by atoms with Gasteiger partial charge in [0.15, 0.2) is 0 Å². The number of fused-ring (bicyclic) bond motifs is 1. The summed E-state index contributed by atoms with van der Waals surface area (Å²) < 4.78 is 5.30. The molecule has 0 saturated carbocycles. The molecule has 1 fully saturated rings. The normalized spacial score (nSPS) is 18.8. The first-order valence-corrected chi connectivity index (χ1v) is 9.87. The second kappa shape index (κ2) is 7.29. The lowest BCUT2D eigenvalue weighted by molar-refractivity contribution is 0.192. The topological polar surface area (TPSA) is 84.2 Å². The molecule has 3 heterocycles. The molecule has 7 heteroatoms. The minimum Gasteiger partial charge on any atom is -0.361 e. The molecule has 2 aromatic rings. The van der Waals surface area contributed by atoms with Crippen LogP contribution in [0.1, 0.15) is 65.1 Å². The van der Waals surface area contributed by atoms with Crippen molar-refractivity contribution in [1.82, 2.24) is 25.3 Å². The third kappa shape index (κ3) is 3.42. The SMILES string of the molecule is Cc1nc(CCNC(=O)N2CCCC2c2c(C)noc2C)nc2c1CCC2. The number of hydrogen-bond donors (Lipinski definition) is 1. The fraction of sp³-hybridized carbons (Fsp3) is 0.600. The average Bonchev–Trinajstić information content (AvgIpc) is 3.35. The van der Waals surface area contributed by atoms with Gasteiger partial charge in [0.1, 0.15) is 11.6 Å². The summed E-state index contributed by atoms with van der Waals surface area (Å²) in [6.07, 6.45) is 5.91. The molecule has 2 amide bonds. The van der Waals surface area contributed by atoms with Crippen LogP contribution in [-0.4, -0.2) is 39.1 Å². The van der Waals surface area contributed by atoms with Gasteiger partial charge >= 0.3 is 6.03 Å². The summed E-state index contributed by atoms with van der Waals surface area (Å²) in [5, 5.41) is 7.09. The molecule has 1 aliphatic carbocycles. The van der Waals surface area contributed by atoms with Crippen LogP contribution in [0, 0.1) is 20.8 Å². The molecule has 2 aromatic heterocycles. The Morgan fingerprint density at radius 2 is 2.04 bits per heavy atom. The Hall–Kier alpha value is -2.44. The summed E-state index contributed by atoms with van der Waals surface area (Å²) in [6, 6.07) is 0.0186. The zero-order chi connectivity index (χ0) is 19.0. The summed E-state index contributed by atoms with van der Waals surface area (Å²) in [6.45, 7) is 7.22. The molecule has 1 aliphatic heterocycles. The smallest absolute Gasteiger partial charge is 0.317 e. The Labute approximate surface area is 159 Å². The lowest BCUT2D eigenvalue weighted by Gasteiger charge is -2.25. The zero-order valence-corrected chi connectivity index (χ0v) is 16.3. The summed E-state index contributed by atoms with van der Waals surface area (Å²) in [4.78, 5) is 24.0. The van der Waals surface area contributed by atoms with Crippen molar-refractivity contribution in [3.63, 3.8) is 0 Å². The van der Waals surface area contributed by atoms with E-state index < -0.39 is 0 Å². The molecule has 0 bridgehead atoms. The van der Waals surface area contributed by atoms with Crippen LogP contribution in [0.5, 0.6) is 0 Å². The Balaban J connectivity index is 1.37. The zero-order valence-electron chi connectivity index (χ0n) is 16.3. The Morgan fingerprint density at radius 3 is 2.81 bits per heavy atom. The van der Waals surface area contributed by atoms with Gasteiger partial charge in [-0.15, -0.1) is 0 Å². The number of aryl methyl sites for hydroxylation is 4. The third-order valence-electron chi connectivity index (χ3n) is 5.75. The van der Waals surface area contributed by atoms with Crippen LogP contribution in [0.25, 0.3) is 0 Å². The largest absolute Gasteiger partial charge is 0.361 e. The monoisotopic (exact) mass is 369 g/mol. The van der Waals surface area contributed by atoms with E-state index in [0.29, 0.717) is 13.0 Å². The van der Waals surface area contributed by atoms with E-state index in [2.05, 4.69) is 22.4 Å². The van der Waals surface area contributed by atoms with Crippen molar-refractivity contribution < 1.29 is 9.32 Å². The van der Waals surface area contributed by atoms with Crippen LogP contribution in [0.15, 0.2) is 4.52 Å².